The van der Waals surface area contributed by atoms with Gasteiger partial charge in [0.2, 0.25) is 17.7 Å². The van der Waals surface area contributed by atoms with Crippen LogP contribution in [0.25, 0.3) is 17.0 Å². The second-order valence-corrected chi connectivity index (χ2v) is 5.07. The average Bonchev–Trinajstić information content (AvgIpc) is 2.55. The molecule has 3 aromatic heterocycles. The van der Waals surface area contributed by atoms with Crippen molar-refractivity contribution in [1.29, 1.82) is 0 Å². The van der Waals surface area contributed by atoms with E-state index in [1.54, 1.807) is 24.4 Å². The number of aromatic amines is 1. The Morgan fingerprint density at radius 2 is 1.88 bits per heavy atom. The minimum absolute atomic E-state index is 0.141. The van der Waals surface area contributed by atoms with Crippen LogP contribution in [0.4, 0.5) is 0 Å². The van der Waals surface area contributed by atoms with Crippen molar-refractivity contribution in [1.82, 2.24) is 24.5 Å². The quantitative estimate of drug-likeness (QED) is 0.707. The van der Waals surface area contributed by atoms with Crippen molar-refractivity contribution in [3.05, 3.63) is 39.5 Å². The summed E-state index contributed by atoms with van der Waals surface area (Å²) in [4.78, 5) is 27.6. The molecule has 3 heterocycles. The predicted molar refractivity (Wildman–Crippen MR) is 90.5 cm³/mol. The zero-order chi connectivity index (χ0) is 17.1. The standard InChI is InChI=1S/C15H15N5O3S/c1-3-22-10-8-11(23-4-2)18-14(17-10)20-12-9(6-5-7-16-12)13(21)19-15(20)24/h5-8H,3-4H2,1-2H3,(H,19,21,24). The largest absolute Gasteiger partial charge is 0.478 e. The van der Waals surface area contributed by atoms with Gasteiger partial charge in [0, 0.05) is 6.20 Å². The highest BCUT2D eigenvalue weighted by molar-refractivity contribution is 7.71. The average molecular weight is 345 g/mol. The number of nitrogens with one attached hydrogen (secondary N) is 1. The zero-order valence-corrected chi connectivity index (χ0v) is 14.0. The van der Waals surface area contributed by atoms with Gasteiger partial charge in [-0.1, -0.05) is 0 Å². The first-order valence-electron chi connectivity index (χ1n) is 7.39. The highest BCUT2D eigenvalue weighted by Gasteiger charge is 2.13. The van der Waals surface area contributed by atoms with Gasteiger partial charge < -0.3 is 9.47 Å². The number of fused-ring (bicyclic) bond motifs is 1. The summed E-state index contributed by atoms with van der Waals surface area (Å²) < 4.78 is 12.5. The fourth-order valence-corrected chi connectivity index (χ4v) is 2.45. The Hall–Kier alpha value is -2.81. The van der Waals surface area contributed by atoms with E-state index in [9.17, 15) is 4.79 Å². The lowest BCUT2D eigenvalue weighted by Gasteiger charge is -2.11. The van der Waals surface area contributed by atoms with Crippen molar-refractivity contribution in [3.8, 4) is 17.7 Å². The van der Waals surface area contributed by atoms with Gasteiger partial charge in [0.1, 0.15) is 0 Å². The molecule has 0 aliphatic heterocycles. The minimum atomic E-state index is -0.314. The van der Waals surface area contributed by atoms with Gasteiger partial charge in [-0.15, -0.1) is 0 Å². The Kier molecular flexibility index (Phi) is 4.52. The molecule has 0 atom stereocenters. The van der Waals surface area contributed by atoms with Gasteiger partial charge in [-0.2, -0.15) is 9.97 Å². The molecule has 0 fully saturated rings. The Morgan fingerprint density at radius 1 is 1.21 bits per heavy atom. The summed E-state index contributed by atoms with van der Waals surface area (Å²) in [5, 5.41) is 0.384. The molecule has 0 unspecified atom stereocenters. The van der Waals surface area contributed by atoms with E-state index in [4.69, 9.17) is 21.7 Å². The van der Waals surface area contributed by atoms with Gasteiger partial charge in [-0.3, -0.25) is 9.78 Å². The maximum absolute atomic E-state index is 12.1. The van der Waals surface area contributed by atoms with Crippen LogP contribution in [0.2, 0.25) is 0 Å². The summed E-state index contributed by atoms with van der Waals surface area (Å²) in [6, 6.07) is 4.93. The predicted octanol–water partition coefficient (Wildman–Crippen LogP) is 2.03. The van der Waals surface area contributed by atoms with Crippen molar-refractivity contribution in [2.75, 3.05) is 13.2 Å². The first kappa shape index (κ1) is 16.1. The number of rotatable bonds is 5. The van der Waals surface area contributed by atoms with Crippen LogP contribution >= 0.6 is 12.2 Å². The molecule has 0 saturated carbocycles. The van der Waals surface area contributed by atoms with Crippen molar-refractivity contribution in [2.24, 2.45) is 0 Å². The van der Waals surface area contributed by atoms with E-state index in [0.29, 0.717) is 36.0 Å². The van der Waals surface area contributed by atoms with Crippen LogP contribution in [-0.4, -0.2) is 37.7 Å². The third-order valence-electron chi connectivity index (χ3n) is 3.12. The Morgan fingerprint density at radius 3 is 2.50 bits per heavy atom. The number of hydrogen-bond acceptors (Lipinski definition) is 7. The van der Waals surface area contributed by atoms with Gasteiger partial charge in [-0.25, -0.2) is 9.55 Å². The molecule has 3 aromatic rings. The van der Waals surface area contributed by atoms with Gasteiger partial charge in [0.15, 0.2) is 10.4 Å². The van der Waals surface area contributed by atoms with Crippen LogP contribution in [0.5, 0.6) is 11.8 Å². The molecule has 0 spiro atoms. The molecule has 3 rings (SSSR count). The lowest BCUT2D eigenvalue weighted by molar-refractivity contribution is 0.304. The Labute approximate surface area is 142 Å². The second-order valence-electron chi connectivity index (χ2n) is 4.68. The molecule has 24 heavy (non-hydrogen) atoms. The van der Waals surface area contributed by atoms with Crippen LogP contribution < -0.4 is 15.0 Å². The van der Waals surface area contributed by atoms with Gasteiger partial charge in [0.25, 0.3) is 5.56 Å². The van der Waals surface area contributed by atoms with E-state index in [0.717, 1.165) is 0 Å². The molecule has 0 amide bonds. The van der Waals surface area contributed by atoms with Crippen LogP contribution in [0.15, 0.2) is 29.2 Å². The number of pyridine rings is 1. The lowest BCUT2D eigenvalue weighted by Crippen LogP contribution is -2.16. The van der Waals surface area contributed by atoms with E-state index in [2.05, 4.69) is 19.9 Å². The van der Waals surface area contributed by atoms with Crippen molar-refractivity contribution < 1.29 is 9.47 Å². The summed E-state index contributed by atoms with van der Waals surface area (Å²) in [5.41, 5.74) is 0.0488. The number of aromatic nitrogens is 5. The van der Waals surface area contributed by atoms with E-state index in [1.807, 2.05) is 13.8 Å². The fourth-order valence-electron chi connectivity index (χ4n) is 2.19. The minimum Gasteiger partial charge on any atom is -0.478 e. The number of nitrogens with zero attached hydrogens (tertiary/aromatic N) is 4. The van der Waals surface area contributed by atoms with Crippen molar-refractivity contribution in [3.63, 3.8) is 0 Å². The van der Waals surface area contributed by atoms with Gasteiger partial charge in [-0.05, 0) is 38.2 Å². The normalized spacial score (nSPS) is 10.8. The number of hydrogen-bond donors (Lipinski definition) is 1. The van der Waals surface area contributed by atoms with Crippen LogP contribution in [0.3, 0.4) is 0 Å². The SMILES string of the molecule is CCOc1cc(OCC)nc(-n2c(=S)[nH]c(=O)c3cccnc32)n1. The first-order chi connectivity index (χ1) is 11.6. The molecule has 0 aliphatic carbocycles. The number of H-pyrrole nitrogens is 1. The monoisotopic (exact) mass is 345 g/mol. The van der Waals surface area contributed by atoms with Crippen molar-refractivity contribution >= 4 is 23.3 Å². The van der Waals surface area contributed by atoms with Gasteiger partial charge >= 0.3 is 0 Å². The molecule has 0 aliphatic rings. The molecule has 8 nitrogen and oxygen atoms in total. The van der Waals surface area contributed by atoms with E-state index >= 15 is 0 Å². The third kappa shape index (κ3) is 2.98. The van der Waals surface area contributed by atoms with Crippen molar-refractivity contribution in [2.45, 2.75) is 13.8 Å². The summed E-state index contributed by atoms with van der Waals surface area (Å²) >= 11 is 5.27. The second kappa shape index (κ2) is 6.75. The molecule has 0 saturated heterocycles. The summed E-state index contributed by atoms with van der Waals surface area (Å²) in [7, 11) is 0. The maximum atomic E-state index is 12.1. The van der Waals surface area contributed by atoms with Crippen LogP contribution in [-0.2, 0) is 0 Å². The zero-order valence-electron chi connectivity index (χ0n) is 13.1. The van der Waals surface area contributed by atoms with E-state index in [1.165, 1.54) is 4.57 Å². The fraction of sp³-hybridized carbons (Fsp3) is 0.267. The third-order valence-corrected chi connectivity index (χ3v) is 3.40. The summed E-state index contributed by atoms with van der Waals surface area (Å²) in [5.74, 6) is 0.917. The van der Waals surface area contributed by atoms with Crippen LogP contribution in [0.1, 0.15) is 13.8 Å². The lowest BCUT2D eigenvalue weighted by atomic mass is 10.3. The highest BCUT2D eigenvalue weighted by Crippen LogP contribution is 2.20. The Balaban J connectivity index is 2.31. The smallest absolute Gasteiger partial charge is 0.261 e. The van der Waals surface area contributed by atoms with Crippen LogP contribution in [0, 0.1) is 4.77 Å². The molecule has 124 valence electrons. The number of ether oxygens (including phenoxy) is 2. The molecule has 1 N–H and O–H groups in total. The van der Waals surface area contributed by atoms with E-state index < -0.39 is 0 Å². The molecule has 0 radical (unpaired) electrons. The summed E-state index contributed by atoms with van der Waals surface area (Å²) in [6.45, 7) is 4.59. The molecular formula is C15H15N5O3S. The van der Waals surface area contributed by atoms with E-state index in [-0.39, 0.29) is 16.3 Å². The van der Waals surface area contributed by atoms with Gasteiger partial charge in [0.05, 0.1) is 24.7 Å². The topological polar surface area (TPSA) is 94.9 Å². The summed E-state index contributed by atoms with van der Waals surface area (Å²) in [6.07, 6.45) is 1.57. The molecule has 0 bridgehead atoms. The first-order valence-corrected chi connectivity index (χ1v) is 7.80. The highest BCUT2D eigenvalue weighted by atomic mass is 32.1. The molecular weight excluding hydrogens is 330 g/mol. The molecule has 0 aromatic carbocycles. The maximum Gasteiger partial charge on any atom is 0.261 e. The Bertz CT molecular complexity index is 974. The molecule has 9 heteroatoms.